The fourth-order valence-electron chi connectivity index (χ4n) is 3.09. The van der Waals surface area contributed by atoms with Crippen LogP contribution < -0.4 is 10.5 Å². The van der Waals surface area contributed by atoms with Crippen LogP contribution in [0.3, 0.4) is 0 Å². The van der Waals surface area contributed by atoms with E-state index in [-0.39, 0.29) is 18.0 Å². The van der Waals surface area contributed by atoms with Crippen LogP contribution in [0.4, 0.5) is 0 Å². The molecule has 0 aliphatic carbocycles. The average Bonchev–Trinajstić information content (AvgIpc) is 2.51. The number of carbonyl (C=O) groups is 1. The summed E-state index contributed by atoms with van der Waals surface area (Å²) in [6.07, 6.45) is 1.29. The average molecular weight is 284 g/mol. The smallest absolute Gasteiger partial charge is 0.222 e. The van der Waals surface area contributed by atoms with Crippen LogP contribution in [-0.2, 0) is 4.79 Å². The minimum Gasteiger partial charge on any atom is -0.497 e. The maximum absolute atomic E-state index is 11.9. The molecule has 0 radical (unpaired) electrons. The minimum atomic E-state index is -0.0437. The molecule has 0 bridgehead atoms. The van der Waals surface area contributed by atoms with Crippen LogP contribution in [0.25, 0.3) is 10.8 Å². The van der Waals surface area contributed by atoms with Gasteiger partial charge >= 0.3 is 0 Å². The second-order valence-electron chi connectivity index (χ2n) is 5.62. The molecule has 0 aromatic heterocycles. The highest BCUT2D eigenvalue weighted by Crippen LogP contribution is 2.32. The van der Waals surface area contributed by atoms with Gasteiger partial charge < -0.3 is 15.4 Å². The lowest BCUT2D eigenvalue weighted by Crippen LogP contribution is -2.46. The number of amides is 1. The van der Waals surface area contributed by atoms with E-state index in [0.29, 0.717) is 6.42 Å². The number of likely N-dealkylation sites (N-methyl/N-ethyl adjacent to an activating group) is 1. The van der Waals surface area contributed by atoms with Gasteiger partial charge in [-0.05, 0) is 41.0 Å². The fraction of sp³-hybridized carbons (Fsp3) is 0.353. The van der Waals surface area contributed by atoms with Crippen LogP contribution in [0.1, 0.15) is 24.4 Å². The van der Waals surface area contributed by atoms with Gasteiger partial charge in [0.05, 0.1) is 13.2 Å². The number of nitrogens with zero attached hydrogens (tertiary/aromatic N) is 1. The summed E-state index contributed by atoms with van der Waals surface area (Å²) in [7, 11) is 3.50. The molecule has 2 atom stereocenters. The van der Waals surface area contributed by atoms with Crippen LogP contribution in [0, 0.1) is 0 Å². The van der Waals surface area contributed by atoms with Gasteiger partial charge in [0.25, 0.3) is 0 Å². The zero-order valence-corrected chi connectivity index (χ0v) is 12.4. The highest BCUT2D eigenvalue weighted by atomic mass is 16.5. The van der Waals surface area contributed by atoms with Crippen molar-refractivity contribution in [3.05, 3.63) is 42.0 Å². The molecule has 1 heterocycles. The lowest BCUT2D eigenvalue weighted by molar-refractivity contribution is -0.135. The summed E-state index contributed by atoms with van der Waals surface area (Å²) in [4.78, 5) is 13.7. The van der Waals surface area contributed by atoms with E-state index >= 15 is 0 Å². The minimum absolute atomic E-state index is 0.0107. The predicted molar refractivity (Wildman–Crippen MR) is 83.2 cm³/mol. The molecule has 0 spiro atoms. The van der Waals surface area contributed by atoms with Crippen molar-refractivity contribution in [1.29, 1.82) is 0 Å². The van der Waals surface area contributed by atoms with Gasteiger partial charge in [-0.15, -0.1) is 0 Å². The van der Waals surface area contributed by atoms with Gasteiger partial charge in [0, 0.05) is 19.5 Å². The summed E-state index contributed by atoms with van der Waals surface area (Å²) in [5.41, 5.74) is 7.33. The van der Waals surface area contributed by atoms with E-state index in [9.17, 15) is 4.79 Å². The standard InChI is InChI=1S/C17H20N2O2/c1-19-16(20)8-7-15(18)17(19)13-4-3-12-10-14(21-2)6-5-11(12)9-13/h3-6,9-10,15,17H,7-8,18H2,1-2H3. The van der Waals surface area contributed by atoms with Gasteiger partial charge in [-0.1, -0.05) is 18.2 Å². The van der Waals surface area contributed by atoms with E-state index in [1.54, 1.807) is 12.0 Å². The topological polar surface area (TPSA) is 55.6 Å². The SMILES string of the molecule is COc1ccc2cc(C3C(N)CCC(=O)N3C)ccc2c1. The molecule has 3 rings (SSSR count). The summed E-state index contributed by atoms with van der Waals surface area (Å²) in [6.45, 7) is 0. The molecule has 0 saturated carbocycles. The van der Waals surface area contributed by atoms with Gasteiger partial charge in [0.15, 0.2) is 0 Å². The highest BCUT2D eigenvalue weighted by Gasteiger charge is 2.32. The van der Waals surface area contributed by atoms with Crippen molar-refractivity contribution >= 4 is 16.7 Å². The van der Waals surface area contributed by atoms with Crippen LogP contribution in [0.5, 0.6) is 5.75 Å². The lowest BCUT2D eigenvalue weighted by atomic mass is 9.90. The number of hydrogen-bond donors (Lipinski definition) is 1. The van der Waals surface area contributed by atoms with E-state index in [0.717, 1.165) is 28.5 Å². The first kappa shape index (κ1) is 13.9. The molecular weight excluding hydrogens is 264 g/mol. The Labute approximate surface area is 124 Å². The Kier molecular flexibility index (Phi) is 3.55. The highest BCUT2D eigenvalue weighted by molar-refractivity contribution is 5.85. The molecule has 1 amide bonds. The molecule has 2 unspecified atom stereocenters. The summed E-state index contributed by atoms with van der Waals surface area (Å²) in [5, 5.41) is 2.25. The van der Waals surface area contributed by atoms with Gasteiger partial charge in [0.1, 0.15) is 5.75 Å². The number of likely N-dealkylation sites (tertiary alicyclic amines) is 1. The Morgan fingerprint density at radius 3 is 2.67 bits per heavy atom. The monoisotopic (exact) mass is 284 g/mol. The van der Waals surface area contributed by atoms with Crippen molar-refractivity contribution in [2.75, 3.05) is 14.2 Å². The van der Waals surface area contributed by atoms with E-state index in [1.165, 1.54) is 0 Å². The third-order valence-electron chi connectivity index (χ3n) is 4.32. The molecule has 1 aliphatic rings. The zero-order chi connectivity index (χ0) is 15.0. The third-order valence-corrected chi connectivity index (χ3v) is 4.32. The third kappa shape index (κ3) is 2.47. The number of carbonyl (C=O) groups excluding carboxylic acids is 1. The Hall–Kier alpha value is -2.07. The molecule has 2 aromatic rings. The zero-order valence-electron chi connectivity index (χ0n) is 12.4. The Morgan fingerprint density at radius 1 is 1.19 bits per heavy atom. The second kappa shape index (κ2) is 5.37. The van der Waals surface area contributed by atoms with Crippen molar-refractivity contribution in [2.45, 2.75) is 24.9 Å². The number of piperidine rings is 1. The van der Waals surface area contributed by atoms with Crippen LogP contribution in [0.2, 0.25) is 0 Å². The molecule has 4 heteroatoms. The molecule has 2 N–H and O–H groups in total. The molecule has 1 saturated heterocycles. The van der Waals surface area contributed by atoms with E-state index in [2.05, 4.69) is 18.2 Å². The quantitative estimate of drug-likeness (QED) is 0.921. The number of nitrogens with two attached hydrogens (primary N) is 1. The second-order valence-corrected chi connectivity index (χ2v) is 5.62. The van der Waals surface area contributed by atoms with Crippen molar-refractivity contribution in [3.8, 4) is 5.75 Å². The van der Waals surface area contributed by atoms with Crippen LogP contribution in [-0.4, -0.2) is 31.0 Å². The number of hydrogen-bond acceptors (Lipinski definition) is 3. The Morgan fingerprint density at radius 2 is 1.90 bits per heavy atom. The van der Waals surface area contributed by atoms with Gasteiger partial charge in [0.2, 0.25) is 5.91 Å². The summed E-state index contributed by atoms with van der Waals surface area (Å²) in [5.74, 6) is 1.01. The predicted octanol–water partition coefficient (Wildman–Crippen LogP) is 2.47. The summed E-state index contributed by atoms with van der Waals surface area (Å²) >= 11 is 0. The Bertz CT molecular complexity index is 684. The van der Waals surface area contributed by atoms with Crippen LogP contribution >= 0.6 is 0 Å². The number of fused-ring (bicyclic) bond motifs is 1. The van der Waals surface area contributed by atoms with Crippen molar-refractivity contribution in [2.24, 2.45) is 5.73 Å². The largest absolute Gasteiger partial charge is 0.497 e. The number of rotatable bonds is 2. The van der Waals surface area contributed by atoms with Crippen LogP contribution in [0.15, 0.2) is 36.4 Å². The first-order chi connectivity index (χ1) is 10.1. The number of methoxy groups -OCH3 is 1. The molecule has 4 nitrogen and oxygen atoms in total. The van der Waals surface area contributed by atoms with Gasteiger partial charge in [-0.2, -0.15) is 0 Å². The molecule has 1 fully saturated rings. The Balaban J connectivity index is 2.02. The molecule has 21 heavy (non-hydrogen) atoms. The van der Waals surface area contributed by atoms with Crippen molar-refractivity contribution in [3.63, 3.8) is 0 Å². The lowest BCUT2D eigenvalue weighted by Gasteiger charge is -2.37. The van der Waals surface area contributed by atoms with Gasteiger partial charge in [-0.25, -0.2) is 0 Å². The maximum atomic E-state index is 11.9. The fourth-order valence-corrected chi connectivity index (χ4v) is 3.09. The van der Waals surface area contributed by atoms with E-state index in [1.807, 2.05) is 25.2 Å². The molecule has 110 valence electrons. The molecule has 1 aliphatic heterocycles. The summed E-state index contributed by atoms with van der Waals surface area (Å²) in [6, 6.07) is 12.2. The van der Waals surface area contributed by atoms with E-state index in [4.69, 9.17) is 10.5 Å². The van der Waals surface area contributed by atoms with E-state index < -0.39 is 0 Å². The molecular formula is C17H20N2O2. The summed E-state index contributed by atoms with van der Waals surface area (Å²) < 4.78 is 5.24. The normalized spacial score (nSPS) is 22.6. The molecule has 2 aromatic carbocycles. The first-order valence-electron chi connectivity index (χ1n) is 7.19. The maximum Gasteiger partial charge on any atom is 0.222 e. The first-order valence-corrected chi connectivity index (χ1v) is 7.19. The number of benzene rings is 2. The van der Waals surface area contributed by atoms with Gasteiger partial charge in [-0.3, -0.25) is 4.79 Å². The van der Waals surface area contributed by atoms with Crippen molar-refractivity contribution < 1.29 is 9.53 Å². The number of ether oxygens (including phenoxy) is 1. The van der Waals surface area contributed by atoms with Crippen molar-refractivity contribution in [1.82, 2.24) is 4.90 Å².